The van der Waals surface area contributed by atoms with Crippen molar-refractivity contribution >= 4 is 31.7 Å². The normalized spacial score (nSPS) is 11.9. The Labute approximate surface area is 134 Å². The zero-order valence-electron chi connectivity index (χ0n) is 12.4. The Morgan fingerprint density at radius 2 is 1.78 bits per heavy atom. The van der Waals surface area contributed by atoms with Gasteiger partial charge in [-0.3, -0.25) is 4.79 Å². The molecule has 0 atom stereocenters. The molecule has 0 heterocycles. The van der Waals surface area contributed by atoms with Gasteiger partial charge in [0.15, 0.2) is 15.8 Å². The first-order valence-electron chi connectivity index (χ1n) is 6.52. The molecule has 0 unspecified atom stereocenters. The number of hydrogen-bond donors (Lipinski definition) is 3. The van der Waals surface area contributed by atoms with Crippen molar-refractivity contribution < 1.29 is 21.6 Å². The zero-order chi connectivity index (χ0) is 17.8. The molecular weight excluding hydrogens is 344 g/mol. The third-order valence-corrected chi connectivity index (χ3v) is 5.60. The molecule has 0 aliphatic heterocycles. The number of aliphatic imine (C=N–C) groups is 1. The Balaban J connectivity index is 3.51. The number of carbonyl (C=O) groups is 1. The molecule has 0 aliphatic rings. The Bertz CT molecular complexity index is 840. The number of nitrogens with two attached hydrogens (primary N) is 3. The number of rotatable bonds is 6. The second kappa shape index (κ2) is 7.06. The van der Waals surface area contributed by atoms with E-state index in [0.717, 1.165) is 18.2 Å². The topological polar surface area (TPSA) is 176 Å². The molecule has 1 rings (SSSR count). The van der Waals surface area contributed by atoms with E-state index in [2.05, 4.69) is 4.99 Å². The van der Waals surface area contributed by atoms with Crippen LogP contribution in [-0.4, -0.2) is 34.5 Å². The molecule has 23 heavy (non-hydrogen) atoms. The minimum Gasteiger partial charge on any atom is -0.370 e. The van der Waals surface area contributed by atoms with E-state index in [1.54, 1.807) is 0 Å². The van der Waals surface area contributed by atoms with Crippen LogP contribution in [0.4, 0.5) is 0 Å². The van der Waals surface area contributed by atoms with Crippen LogP contribution in [0, 0.1) is 0 Å². The van der Waals surface area contributed by atoms with Crippen LogP contribution in [0.25, 0.3) is 0 Å². The average molecular weight is 362 g/mol. The lowest BCUT2D eigenvalue weighted by Crippen LogP contribution is -2.25. The van der Waals surface area contributed by atoms with Crippen LogP contribution in [0.1, 0.15) is 30.1 Å². The van der Waals surface area contributed by atoms with Gasteiger partial charge in [-0.05, 0) is 24.6 Å². The maximum absolute atomic E-state index is 12.1. The Morgan fingerprint density at radius 1 is 1.17 bits per heavy atom. The number of unbranched alkanes of at least 4 members (excludes halogenated alkanes) is 1. The van der Waals surface area contributed by atoms with Crippen molar-refractivity contribution in [1.29, 1.82) is 0 Å². The third-order valence-electron chi connectivity index (χ3n) is 2.85. The molecule has 0 aliphatic carbocycles. The van der Waals surface area contributed by atoms with Crippen molar-refractivity contribution in [2.24, 2.45) is 21.6 Å². The lowest BCUT2D eigenvalue weighted by atomic mass is 10.2. The Hall–Kier alpha value is -1.98. The van der Waals surface area contributed by atoms with Crippen LogP contribution in [0.2, 0.25) is 0 Å². The summed E-state index contributed by atoms with van der Waals surface area (Å²) in [5.74, 6) is -1.74. The number of guanidine groups is 1. The minimum absolute atomic E-state index is 0.144. The number of nitrogens with zero attached hydrogens (tertiary/aromatic N) is 1. The van der Waals surface area contributed by atoms with Gasteiger partial charge < -0.3 is 11.5 Å². The fraction of sp³-hybridized carbons (Fsp3) is 0.333. The molecule has 0 aromatic heterocycles. The van der Waals surface area contributed by atoms with E-state index in [-0.39, 0.29) is 10.6 Å². The number of primary sulfonamides is 1. The van der Waals surface area contributed by atoms with Crippen LogP contribution in [0.3, 0.4) is 0 Å². The summed E-state index contributed by atoms with van der Waals surface area (Å²) in [6.07, 6.45) is 1.07. The first-order valence-corrected chi connectivity index (χ1v) is 9.72. The highest BCUT2D eigenvalue weighted by molar-refractivity contribution is 7.91. The van der Waals surface area contributed by atoms with Gasteiger partial charge in [-0.15, -0.1) is 0 Å². The molecule has 0 spiro atoms. The predicted octanol–water partition coefficient (Wildman–Crippen LogP) is -0.679. The van der Waals surface area contributed by atoms with Crippen molar-refractivity contribution in [2.75, 3.05) is 5.75 Å². The van der Waals surface area contributed by atoms with Crippen molar-refractivity contribution in [3.63, 3.8) is 0 Å². The summed E-state index contributed by atoms with van der Waals surface area (Å²) in [6.45, 7) is 1.82. The van der Waals surface area contributed by atoms with Gasteiger partial charge in [-0.25, -0.2) is 22.0 Å². The van der Waals surface area contributed by atoms with Crippen molar-refractivity contribution in [3.8, 4) is 0 Å². The standard InChI is InChI=1S/C12H18N4O5S2/c1-2-3-6-22(18,19)8-4-5-9(11(17)16-12(13)14)10(7-8)23(15,20)21/h4-5,7H,2-3,6H2,1H3,(H2,15,20,21)(H4,13,14,16,17). The highest BCUT2D eigenvalue weighted by Crippen LogP contribution is 2.22. The first-order chi connectivity index (χ1) is 10.5. The molecule has 1 aromatic rings. The molecule has 0 bridgehead atoms. The van der Waals surface area contributed by atoms with E-state index in [1.807, 2.05) is 6.92 Å². The monoisotopic (exact) mass is 362 g/mol. The van der Waals surface area contributed by atoms with Gasteiger partial charge >= 0.3 is 0 Å². The number of hydrogen-bond acceptors (Lipinski definition) is 5. The maximum atomic E-state index is 12.1. The van der Waals surface area contributed by atoms with Crippen LogP contribution in [0.5, 0.6) is 0 Å². The van der Waals surface area contributed by atoms with E-state index >= 15 is 0 Å². The Morgan fingerprint density at radius 3 is 2.26 bits per heavy atom. The molecule has 0 fully saturated rings. The fourth-order valence-corrected chi connectivity index (χ4v) is 4.04. The molecule has 0 saturated heterocycles. The lowest BCUT2D eigenvalue weighted by molar-refractivity contribution is 0.0999. The first kappa shape index (κ1) is 19.1. The van der Waals surface area contributed by atoms with Gasteiger partial charge in [-0.2, -0.15) is 4.99 Å². The SMILES string of the molecule is CCCCS(=O)(=O)c1ccc(C(=O)N=C(N)N)c(S(N)(=O)=O)c1. The molecule has 9 nitrogen and oxygen atoms in total. The predicted molar refractivity (Wildman–Crippen MR) is 84.9 cm³/mol. The Kier molecular flexibility index (Phi) is 5.86. The second-order valence-electron chi connectivity index (χ2n) is 4.72. The third kappa shape index (κ3) is 5.01. The van der Waals surface area contributed by atoms with Crippen molar-refractivity contribution in [1.82, 2.24) is 0 Å². The van der Waals surface area contributed by atoms with Crippen molar-refractivity contribution in [2.45, 2.75) is 29.6 Å². The summed E-state index contributed by atoms with van der Waals surface area (Å²) >= 11 is 0. The van der Waals surface area contributed by atoms with Crippen LogP contribution in [0.15, 0.2) is 33.0 Å². The highest BCUT2D eigenvalue weighted by Gasteiger charge is 2.23. The van der Waals surface area contributed by atoms with Crippen LogP contribution >= 0.6 is 0 Å². The maximum Gasteiger partial charge on any atom is 0.281 e. The minimum atomic E-state index is -4.35. The lowest BCUT2D eigenvalue weighted by Gasteiger charge is -2.09. The summed E-state index contributed by atoms with van der Waals surface area (Å²) in [6, 6.07) is 2.98. The summed E-state index contributed by atoms with van der Waals surface area (Å²) in [7, 11) is -8.04. The van der Waals surface area contributed by atoms with E-state index < -0.39 is 42.2 Å². The van der Waals surface area contributed by atoms with E-state index in [4.69, 9.17) is 16.6 Å². The van der Waals surface area contributed by atoms with Gasteiger partial charge in [-0.1, -0.05) is 13.3 Å². The molecule has 11 heteroatoms. The largest absolute Gasteiger partial charge is 0.370 e. The van der Waals surface area contributed by atoms with Gasteiger partial charge in [0.05, 0.1) is 21.1 Å². The van der Waals surface area contributed by atoms with Gasteiger partial charge in [0.2, 0.25) is 10.0 Å². The van der Waals surface area contributed by atoms with E-state index in [1.165, 1.54) is 0 Å². The van der Waals surface area contributed by atoms with Crippen LogP contribution < -0.4 is 16.6 Å². The molecule has 1 aromatic carbocycles. The molecule has 0 radical (unpaired) electrons. The molecular formula is C12H18N4O5S2. The average Bonchev–Trinajstić information content (AvgIpc) is 2.42. The van der Waals surface area contributed by atoms with Gasteiger partial charge in [0, 0.05) is 0 Å². The smallest absolute Gasteiger partial charge is 0.281 e. The van der Waals surface area contributed by atoms with Crippen molar-refractivity contribution in [3.05, 3.63) is 23.8 Å². The summed E-state index contributed by atoms with van der Waals surface area (Å²) < 4.78 is 47.6. The number of carbonyl (C=O) groups excluding carboxylic acids is 1. The van der Waals surface area contributed by atoms with Gasteiger partial charge in [0.1, 0.15) is 0 Å². The molecule has 6 N–H and O–H groups in total. The number of benzene rings is 1. The molecule has 1 amide bonds. The summed E-state index contributed by atoms with van der Waals surface area (Å²) in [5, 5.41) is 5.05. The zero-order valence-corrected chi connectivity index (χ0v) is 14.0. The number of sulfonamides is 1. The number of sulfone groups is 1. The summed E-state index contributed by atoms with van der Waals surface area (Å²) in [4.78, 5) is 14.2. The molecule has 0 saturated carbocycles. The van der Waals surface area contributed by atoms with E-state index in [9.17, 15) is 21.6 Å². The quantitative estimate of drug-likeness (QED) is 0.443. The second-order valence-corrected chi connectivity index (χ2v) is 8.36. The highest BCUT2D eigenvalue weighted by atomic mass is 32.2. The van der Waals surface area contributed by atoms with Gasteiger partial charge in [0.25, 0.3) is 5.91 Å². The molecule has 128 valence electrons. The van der Waals surface area contributed by atoms with E-state index in [0.29, 0.717) is 12.8 Å². The van der Waals surface area contributed by atoms with Crippen LogP contribution in [-0.2, 0) is 19.9 Å². The summed E-state index contributed by atoms with van der Waals surface area (Å²) in [5.41, 5.74) is 9.74. The fourth-order valence-electron chi connectivity index (χ4n) is 1.74. The number of amides is 1.